The van der Waals surface area contributed by atoms with Crippen LogP contribution in [-0.2, 0) is 32.7 Å². The van der Waals surface area contributed by atoms with Gasteiger partial charge < -0.3 is 30.4 Å². The maximum atomic E-state index is 15.3. The summed E-state index contributed by atoms with van der Waals surface area (Å²) in [6, 6.07) is 0. The number of quaternary nitrogens is 2. The molecule has 0 heterocycles. The molecule has 1 aliphatic carbocycles. The third-order valence-electron chi connectivity index (χ3n) is 5.60. The van der Waals surface area contributed by atoms with Crippen molar-refractivity contribution in [1.82, 2.24) is 0 Å². The van der Waals surface area contributed by atoms with Crippen molar-refractivity contribution in [3.8, 4) is 11.5 Å². The molecule has 2 aromatic carbocycles. The maximum absolute atomic E-state index is 15.3. The number of phenolic OH excluding ortho intramolecular Hbond substituents is 2. The number of nitrogens with zero attached hydrogens (tertiary/aromatic N) is 2. The first kappa shape index (κ1) is 30.0. The molecule has 0 aliphatic heterocycles. The number of benzene rings is 2. The van der Waals surface area contributed by atoms with Crippen molar-refractivity contribution < 1.29 is 81.0 Å². The van der Waals surface area contributed by atoms with Gasteiger partial charge in [0, 0.05) is 38.1 Å². The van der Waals surface area contributed by atoms with Gasteiger partial charge in [-0.15, -0.1) is 11.6 Å². The van der Waals surface area contributed by atoms with E-state index in [1.165, 1.54) is 35.1 Å². The van der Waals surface area contributed by atoms with Gasteiger partial charge in [0.2, 0.25) is 0 Å². The van der Waals surface area contributed by atoms with Crippen LogP contribution in [0, 0.1) is 17.7 Å². The van der Waals surface area contributed by atoms with Crippen LogP contribution in [0.3, 0.4) is 0 Å². The van der Waals surface area contributed by atoms with Crippen LogP contribution in [0.15, 0.2) is 5.57 Å². The molecule has 0 amide bonds. The van der Waals surface area contributed by atoms with E-state index in [1.807, 2.05) is 0 Å². The molecule has 0 unspecified atom stereocenters. The van der Waals surface area contributed by atoms with Crippen LogP contribution in [0.2, 0.25) is 0 Å². The third kappa shape index (κ3) is 5.85. The number of carbonyl (C=O) groups is 2. The fourth-order valence-corrected chi connectivity index (χ4v) is 3.81. The zero-order chi connectivity index (χ0) is 26.5. The van der Waals surface area contributed by atoms with E-state index >= 15 is 8.78 Å². The molecule has 0 spiro atoms. The van der Waals surface area contributed by atoms with Crippen LogP contribution < -0.4 is 10.6 Å². The number of Topliss-reactive ketones (excluding diaryl/α,β-unsaturated/α-hetero) is 2. The van der Waals surface area contributed by atoms with E-state index in [0.717, 1.165) is 0 Å². The zero-order valence-corrected chi connectivity index (χ0v) is 23.5. The molecule has 0 aromatic heterocycles. The minimum absolute atomic E-state index is 0. The number of halogens is 2. The smallest absolute Gasteiger partial charge is 0.184 e. The molecule has 193 valence electrons. The summed E-state index contributed by atoms with van der Waals surface area (Å²) in [5.74, 6) is -6.17. The summed E-state index contributed by atoms with van der Waals surface area (Å²) in [5, 5.41) is 46.3. The van der Waals surface area contributed by atoms with Gasteiger partial charge >= 0.3 is 0 Å². The Labute approximate surface area is 231 Å². The third-order valence-corrected chi connectivity index (χ3v) is 5.60. The number of aromatic hydroxyl groups is 2. The van der Waals surface area contributed by atoms with Crippen molar-refractivity contribution in [1.29, 1.82) is 0 Å². The van der Waals surface area contributed by atoms with Crippen molar-refractivity contribution in [2.45, 2.75) is 6.92 Å². The van der Waals surface area contributed by atoms with Gasteiger partial charge in [0.25, 0.3) is 0 Å². The number of hydrogen-bond acceptors (Lipinski definition) is 8. The van der Waals surface area contributed by atoms with E-state index in [2.05, 4.69) is 16.7 Å². The predicted molar refractivity (Wildman–Crippen MR) is 123 cm³/mol. The molecule has 36 heavy (non-hydrogen) atoms. The summed E-state index contributed by atoms with van der Waals surface area (Å²) in [4.78, 5) is 25.4. The summed E-state index contributed by atoms with van der Waals surface area (Å²) >= 11 is 0. The van der Waals surface area contributed by atoms with E-state index in [0.29, 0.717) is 0 Å². The monoisotopic (exact) mass is 584 g/mol. The first-order valence-electron chi connectivity index (χ1n) is 10.8. The molecule has 0 saturated carbocycles. The summed E-state index contributed by atoms with van der Waals surface area (Å²) in [7, 11) is 5.83. The van der Waals surface area contributed by atoms with E-state index < -0.39 is 77.3 Å². The second-order valence-corrected chi connectivity index (χ2v) is 9.53. The molecule has 1 aliphatic rings. The molecule has 10 nitrogen and oxygen atoms in total. The predicted octanol–water partition coefficient (Wildman–Crippen LogP) is 2.41. The number of carbonyl (C=O) groups excluding carboxylic acids is 2. The topological polar surface area (TPSA) is 139 Å². The van der Waals surface area contributed by atoms with Crippen LogP contribution in [0.5, 0.6) is 11.5 Å². The summed E-state index contributed by atoms with van der Waals surface area (Å²) in [6.45, 7) is 1.26. The molecular formula is C23H29F2N4O6Y+. The average molecular weight is 584 g/mol. The van der Waals surface area contributed by atoms with E-state index in [1.54, 1.807) is 0 Å². The number of hydrogen-bond donors (Lipinski definition) is 6. The molecule has 13 heteroatoms. The molecular weight excluding hydrogens is 555 g/mol. The van der Waals surface area contributed by atoms with Crippen molar-refractivity contribution >= 4 is 33.7 Å². The van der Waals surface area contributed by atoms with E-state index in [9.17, 15) is 30.2 Å². The Kier molecular flexibility index (Phi) is 8.87. The van der Waals surface area contributed by atoms with Crippen molar-refractivity contribution in [2.75, 3.05) is 65.0 Å². The second-order valence-electron chi connectivity index (χ2n) is 9.53. The molecule has 0 saturated heterocycles. The fraction of sp³-hybridized carbons (Fsp3) is 0.391. The zero-order valence-electron chi connectivity index (χ0n) is 20.7. The Hall–Kier alpha value is -2.22. The average Bonchev–Trinajstić information content (AvgIpc) is 2.71. The number of anilines is 2. The molecule has 1 radical (unpaired) electrons. The van der Waals surface area contributed by atoms with Gasteiger partial charge in [0.1, 0.15) is 18.8 Å². The first-order valence-corrected chi connectivity index (χ1v) is 10.8. The summed E-state index contributed by atoms with van der Waals surface area (Å²) < 4.78 is 29.6. The van der Waals surface area contributed by atoms with Crippen LogP contribution >= 0.6 is 0 Å². The Bertz CT molecular complexity index is 1270. The van der Waals surface area contributed by atoms with Gasteiger partial charge in [-0.05, 0) is 11.1 Å². The maximum Gasteiger partial charge on any atom is 0.184 e. The van der Waals surface area contributed by atoms with Crippen LogP contribution in [0.25, 0.3) is 10.8 Å². The standard InChI is InChI=1S/C23H28F2N4O6.Y/c1-11-10-12(30)13-16(21(11)31)23(33)15-14(22(13)32)19(26-6-8-28(2,3)34)17(24)18(25)20(15)27-7-9-29(4,5)35;/h34-35H,6-9H2,1-5H3,(H3-,26,27,30,31,32,33);/p+1. The number of hydroxylamine groups is 6. The SMILES string of the molecule is CC1=[C-]C(=O)c2c(c(O)c3c(NCC[N+](C)(C)O)c(F)c(F)c(NCC[N+](C)(C)O)c3c2O)C1=O.[Y]. The normalized spacial score (nSPS) is 13.9. The number of likely N-dealkylation sites (N-methyl/N-ethyl adjacent to an activating group) is 2. The van der Waals surface area contributed by atoms with Gasteiger partial charge in [0.15, 0.2) is 11.6 Å². The summed E-state index contributed by atoms with van der Waals surface area (Å²) in [6.07, 6.45) is 2.28. The Morgan fingerprint density at radius 2 is 1.19 bits per heavy atom. The van der Waals surface area contributed by atoms with Crippen LogP contribution in [-0.4, -0.2) is 95.9 Å². The number of ketones is 2. The summed E-state index contributed by atoms with van der Waals surface area (Å²) in [5.41, 5.74) is -2.34. The first-order chi connectivity index (χ1) is 16.0. The van der Waals surface area contributed by atoms with Crippen molar-refractivity contribution in [3.05, 3.63) is 34.4 Å². The number of nitrogens with one attached hydrogen (secondary N) is 2. The molecule has 0 bridgehead atoms. The number of fused-ring (bicyclic) bond motifs is 2. The minimum Gasteiger partial charge on any atom is -0.519 e. The van der Waals surface area contributed by atoms with Gasteiger partial charge in [-0.2, -0.15) is 9.29 Å². The Morgan fingerprint density at radius 1 is 0.806 bits per heavy atom. The van der Waals surface area contributed by atoms with Gasteiger partial charge in [-0.3, -0.25) is 0 Å². The van der Waals surface area contributed by atoms with Gasteiger partial charge in [0.05, 0.1) is 75.4 Å². The van der Waals surface area contributed by atoms with Gasteiger partial charge in [-0.25, -0.2) is 19.2 Å². The molecule has 0 fully saturated rings. The van der Waals surface area contributed by atoms with Crippen molar-refractivity contribution in [2.24, 2.45) is 0 Å². The number of phenols is 2. The largest absolute Gasteiger partial charge is 0.519 e. The minimum atomic E-state index is -1.42. The Balaban J connectivity index is 0.00000456. The quantitative estimate of drug-likeness (QED) is 0.120. The van der Waals surface area contributed by atoms with E-state index in [-0.39, 0.29) is 64.5 Å². The van der Waals surface area contributed by atoms with Crippen molar-refractivity contribution in [3.63, 3.8) is 0 Å². The second kappa shape index (κ2) is 10.6. The van der Waals surface area contributed by atoms with Crippen LogP contribution in [0.1, 0.15) is 27.6 Å². The molecule has 0 atom stereocenters. The molecule has 3 rings (SSSR count). The Morgan fingerprint density at radius 3 is 1.58 bits per heavy atom. The van der Waals surface area contributed by atoms with Crippen LogP contribution in [0.4, 0.5) is 20.2 Å². The fourth-order valence-electron chi connectivity index (χ4n) is 3.81. The molecule has 2 aromatic rings. The molecule has 6 N–H and O–H groups in total. The number of rotatable bonds is 8. The number of allylic oxidation sites excluding steroid dienone is 2. The van der Waals surface area contributed by atoms with E-state index in [4.69, 9.17) is 0 Å². The van der Waals surface area contributed by atoms with Gasteiger partial charge in [-0.1, -0.05) is 6.92 Å².